The summed E-state index contributed by atoms with van der Waals surface area (Å²) in [6.07, 6.45) is -0.592. The van der Waals surface area contributed by atoms with Crippen LogP contribution in [0.4, 0.5) is 0 Å². The molecule has 0 saturated carbocycles. The summed E-state index contributed by atoms with van der Waals surface area (Å²) < 4.78 is 17.0. The summed E-state index contributed by atoms with van der Waals surface area (Å²) in [6, 6.07) is 13.3. The lowest BCUT2D eigenvalue weighted by molar-refractivity contribution is -0.127. The maximum atomic E-state index is 12.3. The Bertz CT molecular complexity index is 718. The van der Waals surface area contributed by atoms with Gasteiger partial charge in [0.2, 0.25) is 0 Å². The summed E-state index contributed by atoms with van der Waals surface area (Å²) in [4.78, 5) is 12.3. The van der Waals surface area contributed by atoms with Crippen molar-refractivity contribution < 1.29 is 19.0 Å². The molecule has 0 aromatic heterocycles. The minimum Gasteiger partial charge on any atom is -0.491 e. The number of ether oxygens (including phenoxy) is 3. The van der Waals surface area contributed by atoms with Crippen LogP contribution in [0.25, 0.3) is 0 Å². The Labute approximate surface area is 162 Å². The number of nitrogens with one attached hydrogen (secondary N) is 1. The fourth-order valence-electron chi connectivity index (χ4n) is 2.22. The van der Waals surface area contributed by atoms with Gasteiger partial charge in [-0.05, 0) is 65.2 Å². The zero-order valence-electron chi connectivity index (χ0n) is 15.3. The van der Waals surface area contributed by atoms with E-state index < -0.39 is 6.10 Å². The van der Waals surface area contributed by atoms with Crippen molar-refractivity contribution in [1.82, 2.24) is 5.32 Å². The molecule has 1 amide bonds. The molecule has 0 radical (unpaired) electrons. The maximum Gasteiger partial charge on any atom is 0.261 e. The van der Waals surface area contributed by atoms with E-state index in [9.17, 15) is 4.79 Å². The molecule has 6 heteroatoms. The molecule has 0 heterocycles. The first-order chi connectivity index (χ1) is 12.5. The van der Waals surface area contributed by atoms with Gasteiger partial charge in [0.15, 0.2) is 6.10 Å². The smallest absolute Gasteiger partial charge is 0.261 e. The number of halogens is 1. The maximum absolute atomic E-state index is 12.3. The van der Waals surface area contributed by atoms with E-state index in [1.807, 2.05) is 49.4 Å². The van der Waals surface area contributed by atoms with Crippen LogP contribution in [-0.2, 0) is 16.1 Å². The van der Waals surface area contributed by atoms with Gasteiger partial charge in [0, 0.05) is 13.7 Å². The second kappa shape index (κ2) is 10.2. The lowest BCUT2D eigenvalue weighted by Crippen LogP contribution is -2.35. The Morgan fingerprint density at radius 3 is 2.54 bits per heavy atom. The van der Waals surface area contributed by atoms with Gasteiger partial charge < -0.3 is 19.5 Å². The molecule has 2 aromatic rings. The van der Waals surface area contributed by atoms with Gasteiger partial charge in [-0.1, -0.05) is 18.2 Å². The van der Waals surface area contributed by atoms with Crippen molar-refractivity contribution in [2.45, 2.75) is 26.5 Å². The molecule has 1 N–H and O–H groups in total. The summed E-state index contributed by atoms with van der Waals surface area (Å²) in [5.41, 5.74) is 2.11. The number of carbonyl (C=O) groups excluding carboxylic acids is 1. The van der Waals surface area contributed by atoms with E-state index in [2.05, 4.69) is 21.2 Å². The van der Waals surface area contributed by atoms with Crippen molar-refractivity contribution in [2.75, 3.05) is 20.3 Å². The molecule has 0 aliphatic carbocycles. The Morgan fingerprint density at radius 2 is 1.88 bits per heavy atom. The summed E-state index contributed by atoms with van der Waals surface area (Å²) in [6.45, 7) is 5.22. The highest BCUT2D eigenvalue weighted by atomic mass is 79.9. The SMILES string of the molecule is COCCOc1ccc(CNC(=O)[C@H](C)Oc2ccc(C)cc2Br)cc1. The minimum atomic E-state index is -0.592. The standard InChI is InChI=1S/C20H24BrNO4/c1-14-4-9-19(18(21)12-14)26-15(2)20(23)22-13-16-5-7-17(8-6-16)25-11-10-24-3/h4-9,12,15H,10-11,13H2,1-3H3,(H,22,23)/t15-/m0/s1. The van der Waals surface area contributed by atoms with E-state index in [4.69, 9.17) is 14.2 Å². The van der Waals surface area contributed by atoms with Crippen molar-refractivity contribution in [1.29, 1.82) is 0 Å². The van der Waals surface area contributed by atoms with Gasteiger partial charge in [0.25, 0.3) is 5.91 Å². The molecule has 26 heavy (non-hydrogen) atoms. The normalized spacial score (nSPS) is 11.7. The van der Waals surface area contributed by atoms with Gasteiger partial charge in [-0.15, -0.1) is 0 Å². The van der Waals surface area contributed by atoms with E-state index in [0.29, 0.717) is 25.5 Å². The van der Waals surface area contributed by atoms with Crippen LogP contribution < -0.4 is 14.8 Å². The number of aryl methyl sites for hydroxylation is 1. The highest BCUT2D eigenvalue weighted by molar-refractivity contribution is 9.10. The van der Waals surface area contributed by atoms with Crippen molar-refractivity contribution in [3.8, 4) is 11.5 Å². The Morgan fingerprint density at radius 1 is 1.15 bits per heavy atom. The Kier molecular flexibility index (Phi) is 7.94. The summed E-state index contributed by atoms with van der Waals surface area (Å²) in [5.74, 6) is 1.26. The molecular formula is C20H24BrNO4. The topological polar surface area (TPSA) is 56.8 Å². The van der Waals surface area contributed by atoms with Crippen LogP contribution in [-0.4, -0.2) is 32.3 Å². The Hall–Kier alpha value is -2.05. The molecule has 2 rings (SSSR count). The van der Waals surface area contributed by atoms with Crippen LogP contribution in [0.15, 0.2) is 46.9 Å². The third-order valence-corrected chi connectivity index (χ3v) is 4.33. The van der Waals surface area contributed by atoms with Crippen molar-refractivity contribution in [2.24, 2.45) is 0 Å². The van der Waals surface area contributed by atoms with E-state index in [-0.39, 0.29) is 5.91 Å². The zero-order chi connectivity index (χ0) is 18.9. The number of hydrogen-bond acceptors (Lipinski definition) is 4. The summed E-state index contributed by atoms with van der Waals surface area (Å²) in [5, 5.41) is 2.88. The van der Waals surface area contributed by atoms with Crippen molar-refractivity contribution in [3.63, 3.8) is 0 Å². The van der Waals surface area contributed by atoms with E-state index in [1.165, 1.54) is 0 Å². The van der Waals surface area contributed by atoms with Crippen LogP contribution in [0, 0.1) is 6.92 Å². The lowest BCUT2D eigenvalue weighted by Gasteiger charge is -2.16. The van der Waals surface area contributed by atoms with Crippen LogP contribution in [0.2, 0.25) is 0 Å². The van der Waals surface area contributed by atoms with Gasteiger partial charge in [-0.3, -0.25) is 4.79 Å². The predicted molar refractivity (Wildman–Crippen MR) is 105 cm³/mol. The highest BCUT2D eigenvalue weighted by Gasteiger charge is 2.15. The molecular weight excluding hydrogens is 398 g/mol. The van der Waals surface area contributed by atoms with Gasteiger partial charge >= 0.3 is 0 Å². The molecule has 0 aliphatic heterocycles. The number of rotatable bonds is 9. The average molecular weight is 422 g/mol. The largest absolute Gasteiger partial charge is 0.491 e. The predicted octanol–water partition coefficient (Wildman–Crippen LogP) is 3.87. The number of amides is 1. The molecule has 1 atom stereocenters. The average Bonchev–Trinajstić information content (AvgIpc) is 2.63. The molecule has 0 saturated heterocycles. The monoisotopic (exact) mass is 421 g/mol. The Balaban J connectivity index is 1.81. The molecule has 0 aliphatic rings. The number of hydrogen-bond donors (Lipinski definition) is 1. The quantitative estimate of drug-likeness (QED) is 0.624. The van der Waals surface area contributed by atoms with Gasteiger partial charge in [0.05, 0.1) is 11.1 Å². The van der Waals surface area contributed by atoms with Gasteiger partial charge in [0.1, 0.15) is 18.1 Å². The fraction of sp³-hybridized carbons (Fsp3) is 0.350. The second-order valence-electron chi connectivity index (χ2n) is 5.90. The van der Waals surface area contributed by atoms with E-state index in [1.54, 1.807) is 14.0 Å². The third-order valence-electron chi connectivity index (χ3n) is 3.71. The number of carbonyl (C=O) groups is 1. The van der Waals surface area contributed by atoms with Crippen molar-refractivity contribution in [3.05, 3.63) is 58.1 Å². The van der Waals surface area contributed by atoms with E-state index in [0.717, 1.165) is 21.3 Å². The number of methoxy groups -OCH3 is 1. The lowest BCUT2D eigenvalue weighted by atomic mass is 10.2. The first-order valence-corrected chi connectivity index (χ1v) is 9.20. The minimum absolute atomic E-state index is 0.169. The first kappa shape index (κ1) is 20.3. The molecule has 140 valence electrons. The van der Waals surface area contributed by atoms with Crippen LogP contribution in [0.5, 0.6) is 11.5 Å². The highest BCUT2D eigenvalue weighted by Crippen LogP contribution is 2.26. The molecule has 0 bridgehead atoms. The van der Waals surface area contributed by atoms with Crippen LogP contribution in [0.1, 0.15) is 18.1 Å². The zero-order valence-corrected chi connectivity index (χ0v) is 16.8. The van der Waals surface area contributed by atoms with Gasteiger partial charge in [-0.25, -0.2) is 0 Å². The van der Waals surface area contributed by atoms with Crippen LogP contribution >= 0.6 is 15.9 Å². The molecule has 5 nitrogen and oxygen atoms in total. The fourth-order valence-corrected chi connectivity index (χ4v) is 2.81. The second-order valence-corrected chi connectivity index (χ2v) is 6.75. The van der Waals surface area contributed by atoms with E-state index >= 15 is 0 Å². The number of benzene rings is 2. The summed E-state index contributed by atoms with van der Waals surface area (Å²) >= 11 is 3.45. The molecule has 2 aromatic carbocycles. The van der Waals surface area contributed by atoms with Crippen molar-refractivity contribution >= 4 is 21.8 Å². The molecule has 0 unspecified atom stereocenters. The summed E-state index contributed by atoms with van der Waals surface area (Å²) in [7, 11) is 1.64. The third kappa shape index (κ3) is 6.35. The molecule has 0 spiro atoms. The molecule has 0 fully saturated rings. The van der Waals surface area contributed by atoms with Gasteiger partial charge in [-0.2, -0.15) is 0 Å². The first-order valence-electron chi connectivity index (χ1n) is 8.41. The van der Waals surface area contributed by atoms with Crippen LogP contribution in [0.3, 0.4) is 0 Å².